The van der Waals surface area contributed by atoms with E-state index in [0.29, 0.717) is 0 Å². The lowest BCUT2D eigenvalue weighted by Gasteiger charge is -2.05. The number of hydrogen-bond donors (Lipinski definition) is 0. The lowest BCUT2D eigenvalue weighted by Crippen LogP contribution is -1.80. The topological polar surface area (TPSA) is 26.3 Å². The Kier molecular flexibility index (Phi) is 5.54. The standard InChI is InChI=1S/C42H26O2/c1-3-7-27(8-4-1)29-11-15-31(16-12-29)33-19-21-35-37-25-38-36-22-20-34(24-40(36)44-42(38)26-41(37)43-39(35)23-33)32-17-13-30(14-18-32)28-9-5-2-6-10-28/h1-26H. The van der Waals surface area contributed by atoms with Crippen molar-refractivity contribution in [1.29, 1.82) is 0 Å². The van der Waals surface area contributed by atoms with E-state index < -0.39 is 0 Å². The number of furan rings is 2. The minimum atomic E-state index is 0.833. The number of benzene rings is 7. The molecule has 0 saturated heterocycles. The average molecular weight is 563 g/mol. The summed E-state index contributed by atoms with van der Waals surface area (Å²) in [5.41, 5.74) is 12.9. The molecule has 2 nitrogen and oxygen atoms in total. The van der Waals surface area contributed by atoms with E-state index in [9.17, 15) is 0 Å². The molecule has 0 aliphatic carbocycles. The van der Waals surface area contributed by atoms with Crippen LogP contribution in [0.25, 0.3) is 88.4 Å². The first-order valence-corrected chi connectivity index (χ1v) is 14.9. The van der Waals surface area contributed by atoms with Crippen molar-refractivity contribution < 1.29 is 8.83 Å². The largest absolute Gasteiger partial charge is 0.456 e. The molecule has 44 heavy (non-hydrogen) atoms. The van der Waals surface area contributed by atoms with Gasteiger partial charge in [0, 0.05) is 27.6 Å². The smallest absolute Gasteiger partial charge is 0.139 e. The van der Waals surface area contributed by atoms with Crippen LogP contribution in [0.4, 0.5) is 0 Å². The summed E-state index contributed by atoms with van der Waals surface area (Å²) in [4.78, 5) is 0. The maximum atomic E-state index is 6.39. The van der Waals surface area contributed by atoms with Crippen molar-refractivity contribution in [2.24, 2.45) is 0 Å². The summed E-state index contributed by atoms with van der Waals surface area (Å²) < 4.78 is 12.8. The van der Waals surface area contributed by atoms with Crippen LogP contribution >= 0.6 is 0 Å². The summed E-state index contributed by atoms with van der Waals surface area (Å²) in [6.07, 6.45) is 0. The Morgan fingerprint density at radius 3 is 0.955 bits per heavy atom. The van der Waals surface area contributed by atoms with Crippen LogP contribution < -0.4 is 0 Å². The molecular formula is C42H26O2. The van der Waals surface area contributed by atoms with Gasteiger partial charge < -0.3 is 8.83 Å². The molecule has 0 aliphatic heterocycles. The van der Waals surface area contributed by atoms with Crippen LogP contribution in [0.15, 0.2) is 167 Å². The highest BCUT2D eigenvalue weighted by molar-refractivity contribution is 6.15. The van der Waals surface area contributed by atoms with Crippen molar-refractivity contribution in [3.63, 3.8) is 0 Å². The van der Waals surface area contributed by atoms with Gasteiger partial charge in [-0.1, -0.05) is 121 Å². The number of rotatable bonds is 4. The second kappa shape index (κ2) is 9.86. The van der Waals surface area contributed by atoms with E-state index in [4.69, 9.17) is 8.83 Å². The van der Waals surface area contributed by atoms with Gasteiger partial charge in [0.1, 0.15) is 22.3 Å². The first-order valence-electron chi connectivity index (χ1n) is 14.9. The lowest BCUT2D eigenvalue weighted by molar-refractivity contribution is 0.656. The Hall–Kier alpha value is -5.86. The summed E-state index contributed by atoms with van der Waals surface area (Å²) >= 11 is 0. The van der Waals surface area contributed by atoms with Crippen molar-refractivity contribution in [2.45, 2.75) is 0 Å². The van der Waals surface area contributed by atoms with Crippen LogP contribution in [0, 0.1) is 0 Å². The van der Waals surface area contributed by atoms with E-state index in [2.05, 4.69) is 140 Å². The normalized spacial score (nSPS) is 11.6. The Morgan fingerprint density at radius 1 is 0.227 bits per heavy atom. The maximum absolute atomic E-state index is 6.39. The Balaban J connectivity index is 1.06. The molecule has 0 aliphatic rings. The first-order chi connectivity index (χ1) is 21.8. The van der Waals surface area contributed by atoms with Crippen molar-refractivity contribution in [1.82, 2.24) is 0 Å². The predicted molar refractivity (Wildman–Crippen MR) is 183 cm³/mol. The molecule has 2 heteroatoms. The fraction of sp³-hybridized carbons (Fsp3) is 0. The minimum absolute atomic E-state index is 0.833. The van der Waals surface area contributed by atoms with Gasteiger partial charge in [0.05, 0.1) is 0 Å². The summed E-state index contributed by atoms with van der Waals surface area (Å²) in [6.45, 7) is 0. The summed E-state index contributed by atoms with van der Waals surface area (Å²) in [5.74, 6) is 0. The molecule has 206 valence electrons. The van der Waals surface area contributed by atoms with Crippen LogP contribution in [0.3, 0.4) is 0 Å². The van der Waals surface area contributed by atoms with Crippen molar-refractivity contribution >= 4 is 43.9 Å². The molecule has 7 aromatic carbocycles. The Bertz CT molecular complexity index is 2270. The molecule has 2 heterocycles. The molecule has 2 aromatic heterocycles. The molecule has 9 rings (SSSR count). The minimum Gasteiger partial charge on any atom is -0.456 e. The van der Waals surface area contributed by atoms with Gasteiger partial charge in [-0.05, 0) is 74.8 Å². The highest BCUT2D eigenvalue weighted by Crippen LogP contribution is 2.39. The summed E-state index contributed by atoms with van der Waals surface area (Å²) in [7, 11) is 0. The van der Waals surface area contributed by atoms with Gasteiger partial charge >= 0.3 is 0 Å². The van der Waals surface area contributed by atoms with Gasteiger partial charge in [0.15, 0.2) is 0 Å². The van der Waals surface area contributed by atoms with E-state index >= 15 is 0 Å². The Morgan fingerprint density at radius 2 is 0.545 bits per heavy atom. The zero-order valence-corrected chi connectivity index (χ0v) is 23.8. The molecule has 0 saturated carbocycles. The molecule has 0 amide bonds. The first kappa shape index (κ1) is 24.7. The fourth-order valence-electron chi connectivity index (χ4n) is 6.38. The molecule has 0 radical (unpaired) electrons. The summed E-state index contributed by atoms with van der Waals surface area (Å²) in [6, 6.07) is 55.6. The van der Waals surface area contributed by atoms with E-state index in [1.54, 1.807) is 0 Å². The van der Waals surface area contributed by atoms with Crippen LogP contribution in [-0.4, -0.2) is 0 Å². The van der Waals surface area contributed by atoms with Gasteiger partial charge in [0.25, 0.3) is 0 Å². The van der Waals surface area contributed by atoms with Crippen molar-refractivity contribution in [2.75, 3.05) is 0 Å². The monoisotopic (exact) mass is 562 g/mol. The molecule has 0 fully saturated rings. The number of fused-ring (bicyclic) bond motifs is 6. The van der Waals surface area contributed by atoms with Gasteiger partial charge in [-0.2, -0.15) is 0 Å². The molecule has 0 unspecified atom stereocenters. The third kappa shape index (κ3) is 4.11. The van der Waals surface area contributed by atoms with Gasteiger partial charge in [-0.15, -0.1) is 0 Å². The lowest BCUT2D eigenvalue weighted by atomic mass is 9.99. The SMILES string of the molecule is c1ccc(-c2ccc(-c3ccc4c(c3)oc3cc5oc6cc(-c7ccc(-c8ccccc8)cc7)ccc6c5cc34)cc2)cc1. The summed E-state index contributed by atoms with van der Waals surface area (Å²) in [5, 5.41) is 4.41. The van der Waals surface area contributed by atoms with Gasteiger partial charge in [-0.25, -0.2) is 0 Å². The van der Waals surface area contributed by atoms with Gasteiger partial charge in [-0.3, -0.25) is 0 Å². The third-order valence-electron chi connectivity index (χ3n) is 8.72. The molecular weight excluding hydrogens is 536 g/mol. The maximum Gasteiger partial charge on any atom is 0.139 e. The van der Waals surface area contributed by atoms with Crippen LogP contribution in [0.1, 0.15) is 0 Å². The van der Waals surface area contributed by atoms with Crippen molar-refractivity contribution in [3.05, 3.63) is 158 Å². The van der Waals surface area contributed by atoms with Crippen LogP contribution in [-0.2, 0) is 0 Å². The zero-order valence-electron chi connectivity index (χ0n) is 23.8. The second-order valence-electron chi connectivity index (χ2n) is 11.4. The highest BCUT2D eigenvalue weighted by Gasteiger charge is 2.15. The predicted octanol–water partition coefficient (Wildman–Crippen LogP) is 12.2. The molecule has 9 aromatic rings. The third-order valence-corrected chi connectivity index (χ3v) is 8.72. The Labute approximate surface area is 254 Å². The van der Waals surface area contributed by atoms with Gasteiger partial charge in [0.2, 0.25) is 0 Å². The molecule has 0 bridgehead atoms. The zero-order chi connectivity index (χ0) is 29.0. The molecule has 0 atom stereocenters. The van der Waals surface area contributed by atoms with Crippen LogP contribution in [0.5, 0.6) is 0 Å². The number of hydrogen-bond acceptors (Lipinski definition) is 2. The van der Waals surface area contributed by atoms with E-state index in [0.717, 1.165) is 66.1 Å². The van der Waals surface area contributed by atoms with E-state index in [1.165, 1.54) is 22.3 Å². The van der Waals surface area contributed by atoms with E-state index in [1.807, 2.05) is 18.2 Å². The second-order valence-corrected chi connectivity index (χ2v) is 11.4. The van der Waals surface area contributed by atoms with Crippen molar-refractivity contribution in [3.8, 4) is 44.5 Å². The fourth-order valence-corrected chi connectivity index (χ4v) is 6.38. The quantitative estimate of drug-likeness (QED) is 0.213. The average Bonchev–Trinajstić information content (AvgIpc) is 3.64. The molecule has 0 N–H and O–H groups in total. The van der Waals surface area contributed by atoms with Crippen LogP contribution in [0.2, 0.25) is 0 Å². The molecule has 0 spiro atoms. The van der Waals surface area contributed by atoms with E-state index in [-0.39, 0.29) is 0 Å². The highest BCUT2D eigenvalue weighted by atomic mass is 16.3.